The van der Waals surface area contributed by atoms with Gasteiger partial charge in [0.15, 0.2) is 17.5 Å². The normalized spacial score (nSPS) is 16.8. The van der Waals surface area contributed by atoms with Crippen molar-refractivity contribution in [3.63, 3.8) is 0 Å². The Morgan fingerprint density at radius 3 is 2.69 bits per heavy atom. The molecule has 172 valence electrons. The monoisotopic (exact) mass is 440 g/mol. The van der Waals surface area contributed by atoms with E-state index < -0.39 is 0 Å². The maximum atomic E-state index is 6.08. The molecule has 4 rings (SSSR count). The first-order valence-corrected chi connectivity index (χ1v) is 11.2. The zero-order valence-electron chi connectivity index (χ0n) is 18.6. The van der Waals surface area contributed by atoms with Crippen LogP contribution in [0.25, 0.3) is 0 Å². The van der Waals surface area contributed by atoms with E-state index in [9.17, 15) is 0 Å². The van der Waals surface area contributed by atoms with Gasteiger partial charge in [-0.3, -0.25) is 9.89 Å². The minimum atomic E-state index is 0.595. The van der Waals surface area contributed by atoms with E-state index >= 15 is 0 Å². The SMILES string of the molecule is CN=C(NCc1ccccc1OCCN1CCOCC1)Nc1ccc2c(c1)OCCCO2. The largest absolute Gasteiger partial charge is 0.492 e. The Kier molecular flexibility index (Phi) is 8.05. The highest BCUT2D eigenvalue weighted by molar-refractivity contribution is 5.93. The smallest absolute Gasteiger partial charge is 0.195 e. The van der Waals surface area contributed by atoms with Crippen LogP contribution in [0.5, 0.6) is 17.2 Å². The molecular weight excluding hydrogens is 408 g/mol. The third kappa shape index (κ3) is 6.27. The number of nitrogens with one attached hydrogen (secondary N) is 2. The number of guanidine groups is 1. The number of morpholine rings is 1. The number of hydrogen-bond donors (Lipinski definition) is 2. The summed E-state index contributed by atoms with van der Waals surface area (Å²) >= 11 is 0. The summed E-state index contributed by atoms with van der Waals surface area (Å²) in [5.74, 6) is 3.09. The Balaban J connectivity index is 1.31. The van der Waals surface area contributed by atoms with Crippen molar-refractivity contribution < 1.29 is 18.9 Å². The fourth-order valence-electron chi connectivity index (χ4n) is 3.64. The topological polar surface area (TPSA) is 76.6 Å². The van der Waals surface area contributed by atoms with Crippen LogP contribution in [0, 0.1) is 0 Å². The predicted octanol–water partition coefficient (Wildman–Crippen LogP) is 2.75. The minimum Gasteiger partial charge on any atom is -0.492 e. The molecule has 1 fully saturated rings. The molecule has 1 saturated heterocycles. The Bertz CT molecular complexity index is 899. The summed E-state index contributed by atoms with van der Waals surface area (Å²) in [6.07, 6.45) is 0.884. The lowest BCUT2D eigenvalue weighted by Crippen LogP contribution is -2.38. The van der Waals surface area contributed by atoms with Gasteiger partial charge in [0, 0.05) is 57.0 Å². The number of fused-ring (bicyclic) bond motifs is 1. The maximum absolute atomic E-state index is 6.08. The van der Waals surface area contributed by atoms with E-state index in [2.05, 4.69) is 26.6 Å². The average Bonchev–Trinajstić information content (AvgIpc) is 3.08. The number of anilines is 1. The molecule has 0 radical (unpaired) electrons. The van der Waals surface area contributed by atoms with Crippen molar-refractivity contribution in [3.8, 4) is 17.2 Å². The third-order valence-electron chi connectivity index (χ3n) is 5.42. The molecule has 0 bridgehead atoms. The second-order valence-electron chi connectivity index (χ2n) is 7.67. The first kappa shape index (κ1) is 22.2. The molecule has 2 N–H and O–H groups in total. The minimum absolute atomic E-state index is 0.595. The van der Waals surface area contributed by atoms with Crippen molar-refractivity contribution >= 4 is 11.6 Å². The van der Waals surface area contributed by atoms with Gasteiger partial charge in [-0.1, -0.05) is 18.2 Å². The molecule has 0 spiro atoms. The highest BCUT2D eigenvalue weighted by Gasteiger charge is 2.13. The summed E-state index contributed by atoms with van der Waals surface area (Å²) in [4.78, 5) is 6.71. The summed E-state index contributed by atoms with van der Waals surface area (Å²) in [6.45, 7) is 7.02. The first-order chi connectivity index (χ1) is 15.8. The molecule has 8 heteroatoms. The Labute approximate surface area is 189 Å². The van der Waals surface area contributed by atoms with E-state index in [1.807, 2.05) is 36.4 Å². The van der Waals surface area contributed by atoms with Crippen LogP contribution in [0.3, 0.4) is 0 Å². The lowest BCUT2D eigenvalue weighted by atomic mass is 10.2. The molecule has 0 aromatic heterocycles. The summed E-state index contributed by atoms with van der Waals surface area (Å²) < 4.78 is 23.0. The summed E-state index contributed by atoms with van der Waals surface area (Å²) in [7, 11) is 1.75. The Hall–Kier alpha value is -2.97. The first-order valence-electron chi connectivity index (χ1n) is 11.2. The fourth-order valence-corrected chi connectivity index (χ4v) is 3.64. The van der Waals surface area contributed by atoms with Gasteiger partial charge in [0.2, 0.25) is 0 Å². The molecule has 2 aromatic rings. The lowest BCUT2D eigenvalue weighted by molar-refractivity contribution is 0.0322. The number of rotatable bonds is 7. The highest BCUT2D eigenvalue weighted by atomic mass is 16.5. The average molecular weight is 441 g/mol. The molecule has 2 heterocycles. The van der Waals surface area contributed by atoms with Crippen LogP contribution in [0.2, 0.25) is 0 Å². The molecule has 0 unspecified atom stereocenters. The number of nitrogens with zero attached hydrogens (tertiary/aromatic N) is 2. The molecular formula is C24H32N4O4. The standard InChI is InChI=1S/C24H32N4O4/c1-25-24(27-20-7-8-22-23(17-20)31-13-4-12-30-22)26-18-19-5-2-3-6-21(19)32-16-11-28-9-14-29-15-10-28/h2-3,5-8,17H,4,9-16,18H2,1H3,(H2,25,26,27). The number of hydrogen-bond acceptors (Lipinski definition) is 6. The molecule has 32 heavy (non-hydrogen) atoms. The van der Waals surface area contributed by atoms with Crippen LogP contribution in [0.1, 0.15) is 12.0 Å². The van der Waals surface area contributed by atoms with Gasteiger partial charge in [0.1, 0.15) is 12.4 Å². The quantitative estimate of drug-likeness (QED) is 0.506. The number of aliphatic imine (C=N–C) groups is 1. The van der Waals surface area contributed by atoms with Gasteiger partial charge in [-0.2, -0.15) is 0 Å². The zero-order chi connectivity index (χ0) is 22.0. The highest BCUT2D eigenvalue weighted by Crippen LogP contribution is 2.32. The third-order valence-corrected chi connectivity index (χ3v) is 5.42. The van der Waals surface area contributed by atoms with Crippen LogP contribution in [0.15, 0.2) is 47.5 Å². The van der Waals surface area contributed by atoms with Gasteiger partial charge in [-0.05, 0) is 18.2 Å². The van der Waals surface area contributed by atoms with Gasteiger partial charge >= 0.3 is 0 Å². The second-order valence-corrected chi connectivity index (χ2v) is 7.67. The second kappa shape index (κ2) is 11.6. The van der Waals surface area contributed by atoms with Crippen LogP contribution >= 0.6 is 0 Å². The number of para-hydroxylation sites is 1. The summed E-state index contributed by atoms with van der Waals surface area (Å²) in [5, 5.41) is 6.69. The summed E-state index contributed by atoms with van der Waals surface area (Å²) in [6, 6.07) is 13.9. The van der Waals surface area contributed by atoms with E-state index in [-0.39, 0.29) is 0 Å². The number of benzene rings is 2. The van der Waals surface area contributed by atoms with Gasteiger partial charge in [-0.15, -0.1) is 0 Å². The van der Waals surface area contributed by atoms with Crippen molar-refractivity contribution in [3.05, 3.63) is 48.0 Å². The van der Waals surface area contributed by atoms with Gasteiger partial charge in [0.25, 0.3) is 0 Å². The summed E-state index contributed by atoms with van der Waals surface area (Å²) in [5.41, 5.74) is 1.97. The molecule has 0 atom stereocenters. The van der Waals surface area contributed by atoms with Crippen LogP contribution < -0.4 is 24.8 Å². The van der Waals surface area contributed by atoms with Crippen molar-refractivity contribution in [1.82, 2.24) is 10.2 Å². The molecule has 0 aliphatic carbocycles. The van der Waals surface area contributed by atoms with Crippen LogP contribution in [-0.4, -0.2) is 70.6 Å². The van der Waals surface area contributed by atoms with Crippen molar-refractivity contribution in [2.75, 3.05) is 65.0 Å². The van der Waals surface area contributed by atoms with Crippen molar-refractivity contribution in [1.29, 1.82) is 0 Å². The zero-order valence-corrected chi connectivity index (χ0v) is 18.6. The Morgan fingerprint density at radius 1 is 1.03 bits per heavy atom. The van der Waals surface area contributed by atoms with E-state index in [1.54, 1.807) is 7.05 Å². The van der Waals surface area contributed by atoms with Crippen LogP contribution in [0.4, 0.5) is 5.69 Å². The molecule has 2 aliphatic rings. The maximum Gasteiger partial charge on any atom is 0.195 e. The molecule has 0 amide bonds. The fraction of sp³-hybridized carbons (Fsp3) is 0.458. The van der Waals surface area contributed by atoms with Crippen molar-refractivity contribution in [2.45, 2.75) is 13.0 Å². The molecule has 2 aliphatic heterocycles. The van der Waals surface area contributed by atoms with Crippen molar-refractivity contribution in [2.24, 2.45) is 4.99 Å². The van der Waals surface area contributed by atoms with E-state index in [0.717, 1.165) is 67.8 Å². The van der Waals surface area contributed by atoms with Gasteiger partial charge < -0.3 is 29.6 Å². The van der Waals surface area contributed by atoms with Gasteiger partial charge in [0.05, 0.1) is 26.4 Å². The van der Waals surface area contributed by atoms with Crippen LogP contribution in [-0.2, 0) is 11.3 Å². The molecule has 2 aromatic carbocycles. The predicted molar refractivity (Wildman–Crippen MR) is 125 cm³/mol. The lowest BCUT2D eigenvalue weighted by Gasteiger charge is -2.26. The van der Waals surface area contributed by atoms with Gasteiger partial charge in [-0.25, -0.2) is 0 Å². The van der Waals surface area contributed by atoms with E-state index in [4.69, 9.17) is 18.9 Å². The van der Waals surface area contributed by atoms with E-state index in [0.29, 0.717) is 32.3 Å². The van der Waals surface area contributed by atoms with E-state index in [1.165, 1.54) is 0 Å². The number of ether oxygens (including phenoxy) is 4. The molecule has 0 saturated carbocycles. The Morgan fingerprint density at radius 2 is 1.84 bits per heavy atom. The molecule has 8 nitrogen and oxygen atoms in total.